The standard InChI is InChI=1S/C26H20F2N4OS/c1-2-9-34-32-22-8-7-20(27)23(24(22)28)25(33)19-14-31-26-18(19)11-17(13-30-26)16-10-15-5-3-4-6-21(15)29-12-16/h3-8,10-14,32H,2,9H2,1H3,(H,30,31). The van der Waals surface area contributed by atoms with Gasteiger partial charge in [-0.25, -0.2) is 13.8 Å². The SMILES string of the molecule is CCCSNc1ccc(F)c(C(=O)c2c[nH]c3ncc(-c4cnc5ccccc5c4)cc23)c1F. The molecular formula is C26H20F2N4OS. The number of halogens is 2. The fourth-order valence-corrected chi connectivity index (χ4v) is 4.40. The molecule has 0 saturated carbocycles. The fraction of sp³-hybridized carbons (Fsp3) is 0.115. The van der Waals surface area contributed by atoms with Crippen LogP contribution in [0.25, 0.3) is 33.1 Å². The van der Waals surface area contributed by atoms with E-state index < -0.39 is 23.0 Å². The van der Waals surface area contributed by atoms with Gasteiger partial charge in [0.15, 0.2) is 5.82 Å². The molecule has 0 aliphatic carbocycles. The molecule has 0 atom stereocenters. The molecule has 5 rings (SSSR count). The number of ketones is 1. The van der Waals surface area contributed by atoms with Gasteiger partial charge in [-0.2, -0.15) is 0 Å². The van der Waals surface area contributed by atoms with Crippen molar-refractivity contribution >= 4 is 45.4 Å². The van der Waals surface area contributed by atoms with Crippen molar-refractivity contribution in [3.63, 3.8) is 0 Å². The molecule has 5 aromatic rings. The summed E-state index contributed by atoms with van der Waals surface area (Å²) in [6, 6.07) is 13.9. The molecule has 34 heavy (non-hydrogen) atoms. The number of pyridine rings is 2. The second kappa shape index (κ2) is 9.23. The van der Waals surface area contributed by atoms with Crippen LogP contribution in [0.1, 0.15) is 29.3 Å². The summed E-state index contributed by atoms with van der Waals surface area (Å²) in [5, 5.41) is 1.45. The van der Waals surface area contributed by atoms with Gasteiger partial charge in [-0.15, -0.1) is 0 Å². The van der Waals surface area contributed by atoms with Crippen LogP contribution in [0.4, 0.5) is 14.5 Å². The molecule has 8 heteroatoms. The van der Waals surface area contributed by atoms with E-state index in [-0.39, 0.29) is 11.3 Å². The van der Waals surface area contributed by atoms with Crippen molar-refractivity contribution in [2.45, 2.75) is 13.3 Å². The summed E-state index contributed by atoms with van der Waals surface area (Å²) in [6.07, 6.45) is 5.74. The van der Waals surface area contributed by atoms with Crippen molar-refractivity contribution in [2.24, 2.45) is 0 Å². The average molecular weight is 475 g/mol. The average Bonchev–Trinajstić information content (AvgIpc) is 3.28. The van der Waals surface area contributed by atoms with E-state index in [1.807, 2.05) is 37.3 Å². The highest BCUT2D eigenvalue weighted by molar-refractivity contribution is 8.00. The molecule has 0 unspecified atom stereocenters. The number of benzene rings is 2. The minimum absolute atomic E-state index is 0.0732. The lowest BCUT2D eigenvalue weighted by Crippen LogP contribution is -2.09. The Morgan fingerprint density at radius 2 is 1.85 bits per heavy atom. The highest BCUT2D eigenvalue weighted by Gasteiger charge is 2.24. The number of rotatable bonds is 7. The molecular weight excluding hydrogens is 454 g/mol. The fourth-order valence-electron chi connectivity index (χ4n) is 3.78. The number of aromatic amines is 1. The van der Waals surface area contributed by atoms with Crippen LogP contribution in [0, 0.1) is 11.6 Å². The molecule has 170 valence electrons. The minimum Gasteiger partial charge on any atom is -0.345 e. The highest BCUT2D eigenvalue weighted by atomic mass is 32.2. The first kappa shape index (κ1) is 22.0. The maximum Gasteiger partial charge on any atom is 0.201 e. The third-order valence-electron chi connectivity index (χ3n) is 5.51. The number of anilines is 1. The molecule has 2 aromatic carbocycles. The summed E-state index contributed by atoms with van der Waals surface area (Å²) in [7, 11) is 0. The molecule has 0 aliphatic heterocycles. The number of nitrogens with one attached hydrogen (secondary N) is 2. The largest absolute Gasteiger partial charge is 0.345 e. The summed E-state index contributed by atoms with van der Waals surface area (Å²) in [5.41, 5.74) is 2.51. The lowest BCUT2D eigenvalue weighted by molar-refractivity contribution is 0.103. The molecule has 5 nitrogen and oxygen atoms in total. The quantitative estimate of drug-likeness (QED) is 0.155. The van der Waals surface area contributed by atoms with Gasteiger partial charge in [0.05, 0.1) is 16.8 Å². The van der Waals surface area contributed by atoms with E-state index in [2.05, 4.69) is 19.7 Å². The number of hydrogen-bond donors (Lipinski definition) is 2. The van der Waals surface area contributed by atoms with Crippen LogP contribution in [0.5, 0.6) is 0 Å². The summed E-state index contributed by atoms with van der Waals surface area (Å²) in [6.45, 7) is 2.00. The summed E-state index contributed by atoms with van der Waals surface area (Å²) < 4.78 is 32.6. The maximum absolute atomic E-state index is 15.1. The lowest BCUT2D eigenvalue weighted by Gasteiger charge is -2.10. The number of fused-ring (bicyclic) bond motifs is 2. The Balaban J connectivity index is 1.55. The molecule has 0 saturated heterocycles. The van der Waals surface area contributed by atoms with E-state index in [1.165, 1.54) is 24.2 Å². The molecule has 3 aromatic heterocycles. The smallest absolute Gasteiger partial charge is 0.201 e. The predicted molar refractivity (Wildman–Crippen MR) is 133 cm³/mol. The maximum atomic E-state index is 15.1. The van der Waals surface area contributed by atoms with E-state index in [0.29, 0.717) is 11.0 Å². The number of hydrogen-bond acceptors (Lipinski definition) is 5. The molecule has 2 N–H and O–H groups in total. The van der Waals surface area contributed by atoms with Gasteiger partial charge in [0.25, 0.3) is 0 Å². The summed E-state index contributed by atoms with van der Waals surface area (Å²) >= 11 is 1.30. The van der Waals surface area contributed by atoms with Crippen molar-refractivity contribution in [1.82, 2.24) is 15.0 Å². The Hall–Kier alpha value is -3.78. The normalized spacial score (nSPS) is 11.3. The van der Waals surface area contributed by atoms with Crippen LogP contribution in [0.15, 0.2) is 67.1 Å². The molecule has 0 bridgehead atoms. The van der Waals surface area contributed by atoms with Gasteiger partial charge in [0, 0.05) is 51.8 Å². The Kier molecular flexibility index (Phi) is 5.98. The number of H-pyrrole nitrogens is 1. The second-order valence-electron chi connectivity index (χ2n) is 7.80. The first-order valence-corrected chi connectivity index (χ1v) is 11.8. The van der Waals surface area contributed by atoms with Gasteiger partial charge in [-0.05, 0) is 36.8 Å². The van der Waals surface area contributed by atoms with Gasteiger partial charge in [0.2, 0.25) is 5.78 Å². The van der Waals surface area contributed by atoms with Gasteiger partial charge in [-0.1, -0.05) is 37.1 Å². The molecule has 0 radical (unpaired) electrons. The van der Waals surface area contributed by atoms with Crippen molar-refractivity contribution in [3.05, 3.63) is 89.9 Å². The first-order chi connectivity index (χ1) is 16.6. The van der Waals surface area contributed by atoms with E-state index in [0.717, 1.165) is 40.3 Å². The first-order valence-electron chi connectivity index (χ1n) is 10.8. The van der Waals surface area contributed by atoms with Crippen molar-refractivity contribution in [3.8, 4) is 11.1 Å². The number of carbonyl (C=O) groups excluding carboxylic acids is 1. The van der Waals surface area contributed by atoms with Crippen LogP contribution in [-0.2, 0) is 0 Å². The lowest BCUT2D eigenvalue weighted by atomic mass is 10.00. The van der Waals surface area contributed by atoms with Crippen molar-refractivity contribution < 1.29 is 13.6 Å². The Bertz CT molecular complexity index is 1530. The second-order valence-corrected chi connectivity index (χ2v) is 8.70. The van der Waals surface area contributed by atoms with E-state index >= 15 is 4.39 Å². The monoisotopic (exact) mass is 474 g/mol. The Morgan fingerprint density at radius 3 is 2.71 bits per heavy atom. The van der Waals surface area contributed by atoms with E-state index in [1.54, 1.807) is 18.5 Å². The van der Waals surface area contributed by atoms with Crippen LogP contribution in [0.3, 0.4) is 0 Å². The molecule has 0 fully saturated rings. The predicted octanol–water partition coefficient (Wildman–Crippen LogP) is 6.76. The molecule has 3 heterocycles. The number of carbonyl (C=O) groups is 1. The van der Waals surface area contributed by atoms with Crippen LogP contribution in [0.2, 0.25) is 0 Å². The van der Waals surface area contributed by atoms with Crippen molar-refractivity contribution in [1.29, 1.82) is 0 Å². The third kappa shape index (κ3) is 4.01. The third-order valence-corrected chi connectivity index (χ3v) is 6.48. The van der Waals surface area contributed by atoms with Gasteiger partial charge >= 0.3 is 0 Å². The molecule has 0 spiro atoms. The topological polar surface area (TPSA) is 70.7 Å². The van der Waals surface area contributed by atoms with Gasteiger partial charge < -0.3 is 9.71 Å². The van der Waals surface area contributed by atoms with E-state index in [4.69, 9.17) is 0 Å². The van der Waals surface area contributed by atoms with Crippen LogP contribution >= 0.6 is 11.9 Å². The zero-order valence-electron chi connectivity index (χ0n) is 18.2. The number of aromatic nitrogens is 3. The molecule has 0 aliphatic rings. The zero-order valence-corrected chi connectivity index (χ0v) is 19.0. The van der Waals surface area contributed by atoms with Crippen LogP contribution < -0.4 is 4.72 Å². The Morgan fingerprint density at radius 1 is 1.06 bits per heavy atom. The summed E-state index contributed by atoms with van der Waals surface area (Å²) in [4.78, 5) is 25.1. The van der Waals surface area contributed by atoms with Gasteiger partial charge in [0.1, 0.15) is 11.5 Å². The number of para-hydroxylation sites is 1. The van der Waals surface area contributed by atoms with Crippen LogP contribution in [-0.4, -0.2) is 26.5 Å². The highest BCUT2D eigenvalue weighted by Crippen LogP contribution is 2.30. The van der Waals surface area contributed by atoms with Gasteiger partial charge in [-0.3, -0.25) is 9.78 Å². The molecule has 0 amide bonds. The van der Waals surface area contributed by atoms with E-state index in [9.17, 15) is 9.18 Å². The zero-order chi connectivity index (χ0) is 23.7. The summed E-state index contributed by atoms with van der Waals surface area (Å²) in [5.74, 6) is -1.82. The van der Waals surface area contributed by atoms with Crippen molar-refractivity contribution in [2.75, 3.05) is 10.5 Å². The Labute approximate surface area is 198 Å². The minimum atomic E-state index is -0.911. The number of nitrogens with zero attached hydrogens (tertiary/aromatic N) is 2.